The molecule has 0 unspecified atom stereocenters. The molecule has 0 aliphatic heterocycles. The third kappa shape index (κ3) is 4.37. The molecule has 9 heteroatoms. The summed E-state index contributed by atoms with van der Waals surface area (Å²) >= 11 is 0. The summed E-state index contributed by atoms with van der Waals surface area (Å²) in [5, 5.41) is 11.2. The third-order valence-electron chi connectivity index (χ3n) is 3.93. The SMILES string of the molecule is C=CCN(c1ccc(C(=O)OCC)cc1)S(=O)(=O)c1ccc(C)c([N+](=O)[O-])c1. The predicted molar refractivity (Wildman–Crippen MR) is 105 cm³/mol. The van der Waals surface area contributed by atoms with Crippen LogP contribution in [0, 0.1) is 17.0 Å². The van der Waals surface area contributed by atoms with Gasteiger partial charge in [-0.2, -0.15) is 0 Å². The molecule has 0 aliphatic carbocycles. The Kier molecular flexibility index (Phi) is 6.53. The number of carbonyl (C=O) groups is 1. The lowest BCUT2D eigenvalue weighted by Crippen LogP contribution is -2.31. The van der Waals surface area contributed by atoms with Crippen molar-refractivity contribution in [3.05, 3.63) is 76.4 Å². The van der Waals surface area contributed by atoms with E-state index in [0.717, 1.165) is 10.4 Å². The topological polar surface area (TPSA) is 107 Å². The van der Waals surface area contributed by atoms with Gasteiger partial charge in [0.15, 0.2) is 0 Å². The molecule has 8 nitrogen and oxygen atoms in total. The quantitative estimate of drug-likeness (QED) is 0.289. The normalized spacial score (nSPS) is 10.9. The standard InChI is InChI=1S/C19H20N2O6S/c1-4-12-20(16-9-7-15(8-10-16)19(22)27-5-2)28(25,26)17-11-6-14(3)18(13-17)21(23)24/h4,6-11,13H,1,5,12H2,2-3H3. The second-order valence-electron chi connectivity index (χ2n) is 5.80. The third-order valence-corrected chi connectivity index (χ3v) is 5.72. The first-order chi connectivity index (χ1) is 13.2. The van der Waals surface area contributed by atoms with Crippen molar-refractivity contribution in [2.75, 3.05) is 17.5 Å². The maximum Gasteiger partial charge on any atom is 0.338 e. The second-order valence-corrected chi connectivity index (χ2v) is 7.66. The molecule has 2 rings (SSSR count). The summed E-state index contributed by atoms with van der Waals surface area (Å²) in [6.07, 6.45) is 1.40. The molecule has 28 heavy (non-hydrogen) atoms. The lowest BCUT2D eigenvalue weighted by molar-refractivity contribution is -0.385. The van der Waals surface area contributed by atoms with Crippen molar-refractivity contribution in [2.24, 2.45) is 0 Å². The molecule has 0 aliphatic rings. The zero-order valence-corrected chi connectivity index (χ0v) is 16.3. The van der Waals surface area contributed by atoms with Crippen molar-refractivity contribution in [3.8, 4) is 0 Å². The van der Waals surface area contributed by atoms with E-state index in [9.17, 15) is 23.3 Å². The summed E-state index contributed by atoms with van der Waals surface area (Å²) in [5.74, 6) is -0.513. The highest BCUT2D eigenvalue weighted by molar-refractivity contribution is 7.92. The molecule has 0 heterocycles. The Morgan fingerprint density at radius 1 is 1.25 bits per heavy atom. The Morgan fingerprint density at radius 3 is 2.43 bits per heavy atom. The lowest BCUT2D eigenvalue weighted by Gasteiger charge is -2.23. The van der Waals surface area contributed by atoms with Crippen LogP contribution in [0.25, 0.3) is 0 Å². The summed E-state index contributed by atoms with van der Waals surface area (Å²) in [7, 11) is -4.09. The summed E-state index contributed by atoms with van der Waals surface area (Å²) in [6, 6.07) is 9.59. The van der Waals surface area contributed by atoms with Crippen LogP contribution in [0.3, 0.4) is 0 Å². The number of anilines is 1. The Morgan fingerprint density at radius 2 is 1.89 bits per heavy atom. The highest BCUT2D eigenvalue weighted by Crippen LogP contribution is 2.28. The van der Waals surface area contributed by atoms with Crippen molar-refractivity contribution < 1.29 is 22.9 Å². The minimum atomic E-state index is -4.09. The minimum absolute atomic E-state index is 0.0528. The smallest absolute Gasteiger partial charge is 0.338 e. The van der Waals surface area contributed by atoms with Crippen LogP contribution < -0.4 is 4.31 Å². The molecule has 0 fully saturated rings. The van der Waals surface area contributed by atoms with Gasteiger partial charge in [0.25, 0.3) is 15.7 Å². The van der Waals surface area contributed by atoms with E-state index in [1.165, 1.54) is 49.4 Å². The van der Waals surface area contributed by atoms with Gasteiger partial charge in [-0.3, -0.25) is 14.4 Å². The number of aryl methyl sites for hydroxylation is 1. The van der Waals surface area contributed by atoms with Gasteiger partial charge in [0.2, 0.25) is 0 Å². The number of hydrogen-bond acceptors (Lipinski definition) is 6. The first-order valence-corrected chi connectivity index (χ1v) is 9.82. The fraction of sp³-hybridized carbons (Fsp3) is 0.211. The van der Waals surface area contributed by atoms with Crippen LogP contribution >= 0.6 is 0 Å². The molecule has 0 saturated heterocycles. The van der Waals surface area contributed by atoms with Crippen LogP contribution in [0.5, 0.6) is 0 Å². The number of ether oxygens (including phenoxy) is 1. The largest absolute Gasteiger partial charge is 0.462 e. The second kappa shape index (κ2) is 8.66. The maximum absolute atomic E-state index is 13.1. The van der Waals surface area contributed by atoms with Crippen molar-refractivity contribution in [3.63, 3.8) is 0 Å². The number of nitro groups is 1. The Hall–Kier alpha value is -3.20. The molecule has 0 N–H and O–H groups in total. The van der Waals surface area contributed by atoms with Crippen LogP contribution in [-0.4, -0.2) is 32.5 Å². The number of sulfonamides is 1. The van der Waals surface area contributed by atoms with E-state index in [1.54, 1.807) is 6.92 Å². The van der Waals surface area contributed by atoms with Crippen molar-refractivity contribution >= 4 is 27.4 Å². The molecular formula is C19H20N2O6S. The van der Waals surface area contributed by atoms with Crippen molar-refractivity contribution in [1.82, 2.24) is 0 Å². The van der Waals surface area contributed by atoms with E-state index >= 15 is 0 Å². The molecule has 0 saturated carbocycles. The van der Waals surface area contributed by atoms with Gasteiger partial charge in [0.1, 0.15) is 0 Å². The Balaban J connectivity index is 2.47. The van der Waals surface area contributed by atoms with E-state index < -0.39 is 20.9 Å². The molecule has 2 aromatic carbocycles. The molecular weight excluding hydrogens is 384 g/mol. The van der Waals surface area contributed by atoms with Crippen molar-refractivity contribution in [2.45, 2.75) is 18.7 Å². The number of nitro benzene ring substituents is 1. The zero-order valence-electron chi connectivity index (χ0n) is 15.5. The number of nitrogens with zero attached hydrogens (tertiary/aromatic N) is 2. The van der Waals surface area contributed by atoms with Gasteiger partial charge < -0.3 is 4.74 Å². The summed E-state index contributed by atoms with van der Waals surface area (Å²) in [6.45, 7) is 6.97. The van der Waals surface area contributed by atoms with E-state index in [2.05, 4.69) is 6.58 Å². The Labute approximate surface area is 163 Å². The van der Waals surface area contributed by atoms with E-state index in [-0.39, 0.29) is 35.0 Å². The van der Waals surface area contributed by atoms with Gasteiger partial charge in [0, 0.05) is 11.6 Å². The summed E-state index contributed by atoms with van der Waals surface area (Å²) in [5.41, 5.74) is 0.652. The van der Waals surface area contributed by atoms with Crippen LogP contribution in [0.15, 0.2) is 60.0 Å². The van der Waals surface area contributed by atoms with E-state index in [4.69, 9.17) is 4.74 Å². The van der Waals surface area contributed by atoms with Crippen LogP contribution in [-0.2, 0) is 14.8 Å². The lowest BCUT2D eigenvalue weighted by atomic mass is 10.2. The maximum atomic E-state index is 13.1. The molecule has 2 aromatic rings. The Bertz CT molecular complexity index is 1000. The molecule has 0 bridgehead atoms. The monoisotopic (exact) mass is 404 g/mol. The van der Waals surface area contributed by atoms with E-state index in [0.29, 0.717) is 5.56 Å². The number of benzene rings is 2. The van der Waals surface area contributed by atoms with Crippen LogP contribution in [0.1, 0.15) is 22.8 Å². The number of esters is 1. The molecule has 0 spiro atoms. The fourth-order valence-electron chi connectivity index (χ4n) is 2.51. The zero-order chi connectivity index (χ0) is 20.9. The minimum Gasteiger partial charge on any atom is -0.462 e. The first kappa shape index (κ1) is 21.1. The average molecular weight is 404 g/mol. The average Bonchev–Trinajstić information content (AvgIpc) is 2.66. The first-order valence-electron chi connectivity index (χ1n) is 8.38. The van der Waals surface area contributed by atoms with Crippen LogP contribution in [0.2, 0.25) is 0 Å². The van der Waals surface area contributed by atoms with E-state index in [1.807, 2.05) is 0 Å². The molecule has 0 atom stereocenters. The molecule has 0 radical (unpaired) electrons. The van der Waals surface area contributed by atoms with Gasteiger partial charge in [-0.1, -0.05) is 12.1 Å². The van der Waals surface area contributed by atoms with Gasteiger partial charge >= 0.3 is 5.97 Å². The molecule has 148 valence electrons. The number of hydrogen-bond donors (Lipinski definition) is 0. The predicted octanol–water partition coefficient (Wildman–Crippen LogP) is 3.46. The summed E-state index contributed by atoms with van der Waals surface area (Å²) in [4.78, 5) is 22.1. The molecule has 0 aromatic heterocycles. The number of carbonyl (C=O) groups excluding carboxylic acids is 1. The van der Waals surface area contributed by atoms with Gasteiger partial charge in [-0.05, 0) is 44.2 Å². The fourth-order valence-corrected chi connectivity index (χ4v) is 3.97. The van der Waals surface area contributed by atoms with Crippen LogP contribution in [0.4, 0.5) is 11.4 Å². The number of rotatable bonds is 8. The highest BCUT2D eigenvalue weighted by atomic mass is 32.2. The van der Waals surface area contributed by atoms with Crippen molar-refractivity contribution in [1.29, 1.82) is 0 Å². The highest BCUT2D eigenvalue weighted by Gasteiger charge is 2.27. The van der Waals surface area contributed by atoms with Gasteiger partial charge in [-0.15, -0.1) is 6.58 Å². The summed E-state index contributed by atoms with van der Waals surface area (Å²) < 4.78 is 32.2. The van der Waals surface area contributed by atoms with Gasteiger partial charge in [0.05, 0.1) is 34.2 Å². The van der Waals surface area contributed by atoms with Gasteiger partial charge in [-0.25, -0.2) is 13.2 Å². The molecule has 0 amide bonds.